The van der Waals surface area contributed by atoms with Crippen molar-refractivity contribution >= 4 is 119 Å². The highest BCUT2D eigenvalue weighted by Crippen LogP contribution is 2.38. The molecule has 0 saturated carbocycles. The molecule has 3 heterocycles. The molecule has 0 N–H and O–H groups in total. The zero-order valence-electron chi connectivity index (χ0n) is 58.5. The summed E-state index contributed by atoms with van der Waals surface area (Å²) >= 11 is 0. The van der Waals surface area contributed by atoms with Crippen LogP contribution in [0.5, 0.6) is 0 Å². The standard InChI is InChI=1S/C72H54N2O4Si4/c1-8-30-57(31-9-1)79(58-32-10-2-11-33-58)75-80(59-34-12-3-13-35-59,60-36-14-4-15-37-60)77-82(63-42-20-7-21-43-63,78-81(76-79,61-38-16-5-17-39-61)62-40-18-6-19-41-62)64-44-28-29-55(53-64)73-71-50-27-24-47-67(71)68-54-56(51-52-72(68)73)74-69-48-25-22-45-65(69)66-46-23-26-49-70(66)74/h1-54H/i22D,23D,24D,25D,26D,27D,45D,46D,47D,48D,49D,50D,51D,52D,54D. The fourth-order valence-corrected chi connectivity index (χ4v) is 34.1. The lowest BCUT2D eigenvalue weighted by molar-refractivity contribution is 0.268. The lowest BCUT2D eigenvalue weighted by Crippen LogP contribution is -2.88. The van der Waals surface area contributed by atoms with E-state index in [0.29, 0.717) is 31.1 Å². The number of nitrogens with zero attached hydrogens (tertiary/aromatic N) is 2. The van der Waals surface area contributed by atoms with Crippen LogP contribution in [0.15, 0.2) is 327 Å². The largest absolute Gasteiger partial charge is 0.402 e. The molecular weight excluding hydrogens is 1070 g/mol. The van der Waals surface area contributed by atoms with Crippen molar-refractivity contribution in [2.24, 2.45) is 0 Å². The SMILES string of the molecule is [2H]c1c([2H])c([2H])c2c(c1[2H])c1c([2H])c(-n3c4c([2H])c([2H])c([2H])c([2H])c4c4c([2H])c([2H])c([2H])c([2H])c43)c([2H])c([2H])c1n2-c1cccc([Si]2(c3ccccc3)O[Si](c3ccccc3)(c3ccccc3)O[Si](c3ccccc3)(c3ccccc3)O[Si](c3ccccc3)(c3ccccc3)O2)c1. The molecule has 1 aliphatic rings. The predicted octanol–water partition coefficient (Wildman–Crippen LogP) is 11.3. The number of benzene rings is 12. The second-order valence-electron chi connectivity index (χ2n) is 19.8. The molecule has 0 aliphatic carbocycles. The smallest absolute Gasteiger partial charge is 0.390 e. The van der Waals surface area contributed by atoms with E-state index in [0.717, 1.165) is 14.9 Å². The first-order chi connectivity index (χ1) is 46.8. The van der Waals surface area contributed by atoms with Gasteiger partial charge in [-0.1, -0.05) is 279 Å². The van der Waals surface area contributed by atoms with E-state index in [1.165, 1.54) is 4.57 Å². The predicted molar refractivity (Wildman–Crippen MR) is 345 cm³/mol. The van der Waals surface area contributed by atoms with E-state index in [-0.39, 0.29) is 38.3 Å². The molecule has 0 radical (unpaired) electrons. The molecule has 10 heteroatoms. The Balaban J connectivity index is 1.10. The van der Waals surface area contributed by atoms with E-state index in [1.807, 2.05) is 218 Å². The van der Waals surface area contributed by atoms with E-state index < -0.39 is 142 Å². The number of rotatable bonds is 10. The van der Waals surface area contributed by atoms with Gasteiger partial charge in [0.15, 0.2) is 0 Å². The van der Waals surface area contributed by atoms with Gasteiger partial charge in [0.2, 0.25) is 0 Å². The molecule has 0 amide bonds. The minimum atomic E-state index is -4.79. The topological polar surface area (TPSA) is 46.8 Å². The Morgan fingerprint density at radius 3 is 0.854 bits per heavy atom. The van der Waals surface area contributed by atoms with Gasteiger partial charge in [-0.2, -0.15) is 0 Å². The van der Waals surface area contributed by atoms with Crippen LogP contribution >= 0.6 is 0 Å². The van der Waals surface area contributed by atoms with Gasteiger partial charge in [-0.15, -0.1) is 0 Å². The zero-order valence-corrected chi connectivity index (χ0v) is 47.5. The molecule has 0 spiro atoms. The van der Waals surface area contributed by atoms with Gasteiger partial charge in [-0.25, -0.2) is 0 Å². The molecule has 1 saturated heterocycles. The number of hydrogen-bond acceptors (Lipinski definition) is 4. The van der Waals surface area contributed by atoms with E-state index >= 15 is 0 Å². The van der Waals surface area contributed by atoms with Gasteiger partial charge >= 0.3 is 34.2 Å². The monoisotopic (exact) mass is 1140 g/mol. The molecule has 392 valence electrons. The molecule has 12 aromatic carbocycles. The van der Waals surface area contributed by atoms with Gasteiger partial charge in [-0.3, -0.25) is 0 Å². The van der Waals surface area contributed by atoms with Crippen LogP contribution in [0.2, 0.25) is 0 Å². The van der Waals surface area contributed by atoms with Gasteiger partial charge in [-0.05, 0) is 89.9 Å². The van der Waals surface area contributed by atoms with E-state index in [1.54, 1.807) is 18.2 Å². The normalized spacial score (nSPS) is 18.1. The Labute approximate surface area is 502 Å². The Kier molecular flexibility index (Phi) is 9.08. The van der Waals surface area contributed by atoms with Crippen LogP contribution in [0.4, 0.5) is 0 Å². The molecule has 1 fully saturated rings. The average molecular weight is 1140 g/mol. The van der Waals surface area contributed by atoms with Crippen LogP contribution in [0.3, 0.4) is 0 Å². The van der Waals surface area contributed by atoms with Crippen LogP contribution in [0.1, 0.15) is 20.6 Å². The van der Waals surface area contributed by atoms with E-state index in [2.05, 4.69) is 0 Å². The van der Waals surface area contributed by atoms with E-state index in [4.69, 9.17) is 24.7 Å². The molecule has 82 heavy (non-hydrogen) atoms. The number of fused-ring (bicyclic) bond motifs is 6. The van der Waals surface area contributed by atoms with Crippen LogP contribution in [0, 0.1) is 0 Å². The molecule has 1 aliphatic heterocycles. The van der Waals surface area contributed by atoms with Gasteiger partial charge < -0.3 is 25.6 Å². The van der Waals surface area contributed by atoms with Crippen molar-refractivity contribution in [3.8, 4) is 11.4 Å². The number of hydrogen-bond donors (Lipinski definition) is 0. The van der Waals surface area contributed by atoms with Crippen LogP contribution < -0.4 is 41.5 Å². The summed E-state index contributed by atoms with van der Waals surface area (Å²) in [5.41, 5.74) is -1.59. The van der Waals surface area contributed by atoms with Crippen LogP contribution in [-0.4, -0.2) is 43.4 Å². The third-order valence-electron chi connectivity index (χ3n) is 15.1. The van der Waals surface area contributed by atoms with Crippen molar-refractivity contribution in [3.05, 3.63) is 327 Å². The molecule has 0 bridgehead atoms. The Morgan fingerprint density at radius 2 is 0.512 bits per heavy atom. The summed E-state index contributed by atoms with van der Waals surface area (Å²) in [7, 11) is -18.1. The van der Waals surface area contributed by atoms with Crippen LogP contribution in [-0.2, 0) is 16.5 Å². The van der Waals surface area contributed by atoms with Crippen molar-refractivity contribution in [1.82, 2.24) is 9.13 Å². The zero-order chi connectivity index (χ0) is 67.6. The van der Waals surface area contributed by atoms with Crippen molar-refractivity contribution in [2.45, 2.75) is 0 Å². The first-order valence-electron chi connectivity index (χ1n) is 34.2. The highest BCUT2D eigenvalue weighted by atomic mass is 28.5. The summed E-state index contributed by atoms with van der Waals surface area (Å²) in [4.78, 5) is 0. The number of para-hydroxylation sites is 3. The average Bonchev–Trinajstić information content (AvgIpc) is 1.68. The van der Waals surface area contributed by atoms with Crippen molar-refractivity contribution < 1.29 is 37.0 Å². The fourth-order valence-electron chi connectivity index (χ4n) is 11.5. The quantitative estimate of drug-likeness (QED) is 0.128. The van der Waals surface area contributed by atoms with Gasteiger partial charge in [0, 0.05) is 32.9 Å². The van der Waals surface area contributed by atoms with E-state index in [9.17, 15) is 12.3 Å². The Morgan fingerprint density at radius 1 is 0.244 bits per heavy atom. The number of aromatic nitrogens is 2. The summed E-state index contributed by atoms with van der Waals surface area (Å²) in [5.74, 6) is 0. The first-order valence-corrected chi connectivity index (χ1v) is 33.9. The van der Waals surface area contributed by atoms with Crippen molar-refractivity contribution in [3.63, 3.8) is 0 Å². The lowest BCUT2D eigenvalue weighted by atomic mass is 10.1. The highest BCUT2D eigenvalue weighted by molar-refractivity contribution is 7.16. The van der Waals surface area contributed by atoms with Gasteiger partial charge in [0.1, 0.15) is 0 Å². The molecule has 14 aromatic rings. The third kappa shape index (κ3) is 8.11. The van der Waals surface area contributed by atoms with Crippen LogP contribution in [0.25, 0.3) is 55.0 Å². The minimum absolute atomic E-state index is 0.178. The summed E-state index contributed by atoms with van der Waals surface area (Å²) in [6.45, 7) is 0. The maximum atomic E-state index is 10.4. The summed E-state index contributed by atoms with van der Waals surface area (Å²) in [5, 5.41) is 4.29. The highest BCUT2D eigenvalue weighted by Gasteiger charge is 2.68. The van der Waals surface area contributed by atoms with Crippen molar-refractivity contribution in [2.75, 3.05) is 0 Å². The molecular formula is C72H54N2O4Si4. The van der Waals surface area contributed by atoms with Gasteiger partial charge in [0.05, 0.1) is 42.6 Å². The van der Waals surface area contributed by atoms with Crippen molar-refractivity contribution in [1.29, 1.82) is 0 Å². The first kappa shape index (κ1) is 36.3. The molecule has 2 aromatic heterocycles. The van der Waals surface area contributed by atoms with Gasteiger partial charge in [0.25, 0.3) is 0 Å². The molecule has 0 unspecified atom stereocenters. The second kappa shape index (κ2) is 20.5. The molecule has 15 rings (SSSR count). The Hall–Kier alpha value is -9.05. The summed E-state index contributed by atoms with van der Waals surface area (Å²) < 4.78 is 178. The Bertz CT molecular complexity index is 5210. The summed E-state index contributed by atoms with van der Waals surface area (Å²) in [6, 6.07) is 65.9. The maximum Gasteiger partial charge on any atom is 0.390 e. The maximum absolute atomic E-state index is 10.4. The third-order valence-corrected chi connectivity index (χ3v) is 33.0. The minimum Gasteiger partial charge on any atom is -0.402 e. The second-order valence-corrected chi connectivity index (χ2v) is 32.6. The summed E-state index contributed by atoms with van der Waals surface area (Å²) in [6.07, 6.45) is 0. The molecule has 6 nitrogen and oxygen atoms in total. The fraction of sp³-hybridized carbons (Fsp3) is 0. The lowest BCUT2D eigenvalue weighted by Gasteiger charge is -2.53. The molecule has 0 atom stereocenters.